The zero-order valence-electron chi connectivity index (χ0n) is 11.3. The van der Waals surface area contributed by atoms with Crippen molar-refractivity contribution in [1.82, 2.24) is 4.98 Å². The van der Waals surface area contributed by atoms with Gasteiger partial charge >= 0.3 is 0 Å². The predicted octanol–water partition coefficient (Wildman–Crippen LogP) is 5.02. The molecule has 0 aliphatic heterocycles. The molecule has 0 spiro atoms. The number of benzene rings is 2. The summed E-state index contributed by atoms with van der Waals surface area (Å²) in [6, 6.07) is 10.1. The number of halogens is 1. The van der Waals surface area contributed by atoms with E-state index < -0.39 is 4.92 Å². The first-order chi connectivity index (χ1) is 10.6. The Labute approximate surface area is 139 Å². The van der Waals surface area contributed by atoms with Crippen molar-refractivity contribution in [2.45, 2.75) is 9.24 Å². The second kappa shape index (κ2) is 6.12. The molecule has 1 heterocycles. The smallest absolute Gasteiger partial charge is 0.273 e. The van der Waals surface area contributed by atoms with Crippen LogP contribution in [0.1, 0.15) is 0 Å². The zero-order chi connectivity index (χ0) is 15.7. The number of ether oxygens (including phenoxy) is 1. The SMILES string of the molecule is COc1cc([N+](=O)[O-])ccc1Sc1nc2cc(Cl)ccc2s1. The quantitative estimate of drug-likeness (QED) is 0.487. The lowest BCUT2D eigenvalue weighted by molar-refractivity contribution is -0.385. The Bertz CT molecular complexity index is 866. The molecular formula is C14H9ClN2O3S2. The van der Waals surface area contributed by atoms with Gasteiger partial charge in [-0.2, -0.15) is 0 Å². The average molecular weight is 353 g/mol. The van der Waals surface area contributed by atoms with Gasteiger partial charge in [0, 0.05) is 11.1 Å². The summed E-state index contributed by atoms with van der Waals surface area (Å²) in [5, 5.41) is 11.4. The van der Waals surface area contributed by atoms with E-state index in [1.165, 1.54) is 42.3 Å². The number of aromatic nitrogens is 1. The van der Waals surface area contributed by atoms with Gasteiger partial charge in [0.05, 0.1) is 33.2 Å². The number of rotatable bonds is 4. The van der Waals surface area contributed by atoms with E-state index in [0.717, 1.165) is 19.5 Å². The van der Waals surface area contributed by atoms with Crippen molar-refractivity contribution in [3.63, 3.8) is 0 Å². The first-order valence-corrected chi connectivity index (χ1v) is 8.14. The van der Waals surface area contributed by atoms with Crippen LogP contribution >= 0.6 is 34.7 Å². The fourth-order valence-electron chi connectivity index (χ4n) is 1.87. The Hall–Kier alpha value is -1.83. The molecule has 5 nitrogen and oxygen atoms in total. The van der Waals surface area contributed by atoms with E-state index in [0.29, 0.717) is 10.8 Å². The highest BCUT2D eigenvalue weighted by Gasteiger charge is 2.14. The number of nitro groups is 1. The van der Waals surface area contributed by atoms with Crippen LogP contribution in [0.3, 0.4) is 0 Å². The third-order valence-electron chi connectivity index (χ3n) is 2.89. The van der Waals surface area contributed by atoms with Crippen LogP contribution in [0.5, 0.6) is 5.75 Å². The number of non-ortho nitro benzene ring substituents is 1. The molecule has 0 fully saturated rings. The molecule has 0 aliphatic carbocycles. The topological polar surface area (TPSA) is 65.3 Å². The first kappa shape index (κ1) is 15.1. The highest BCUT2D eigenvalue weighted by atomic mass is 35.5. The molecule has 2 aromatic carbocycles. The highest BCUT2D eigenvalue weighted by Crippen LogP contribution is 2.40. The van der Waals surface area contributed by atoms with E-state index in [1.807, 2.05) is 18.2 Å². The molecule has 112 valence electrons. The van der Waals surface area contributed by atoms with Gasteiger partial charge in [0.25, 0.3) is 5.69 Å². The normalized spacial score (nSPS) is 10.8. The fraction of sp³-hybridized carbons (Fsp3) is 0.0714. The van der Waals surface area contributed by atoms with Crippen LogP contribution in [0.2, 0.25) is 5.02 Å². The van der Waals surface area contributed by atoms with Gasteiger partial charge in [0.2, 0.25) is 0 Å². The molecule has 8 heteroatoms. The summed E-state index contributed by atoms with van der Waals surface area (Å²) in [7, 11) is 1.49. The lowest BCUT2D eigenvalue weighted by atomic mass is 10.3. The summed E-state index contributed by atoms with van der Waals surface area (Å²) >= 11 is 8.90. The largest absolute Gasteiger partial charge is 0.495 e. The molecule has 0 bridgehead atoms. The minimum Gasteiger partial charge on any atom is -0.495 e. The number of hydrogen-bond donors (Lipinski definition) is 0. The molecule has 22 heavy (non-hydrogen) atoms. The molecule has 1 aromatic heterocycles. The van der Waals surface area contributed by atoms with Gasteiger partial charge in [-0.15, -0.1) is 11.3 Å². The standard InChI is InChI=1S/C14H9ClN2O3S2/c1-20-11-7-9(17(18)19)3-5-13(11)22-14-16-10-6-8(15)2-4-12(10)21-14/h2-7H,1H3. The van der Waals surface area contributed by atoms with Gasteiger partial charge in [0.1, 0.15) is 5.75 Å². The summed E-state index contributed by atoms with van der Waals surface area (Å²) in [6.45, 7) is 0. The Morgan fingerprint density at radius 1 is 1.32 bits per heavy atom. The molecule has 0 saturated carbocycles. The summed E-state index contributed by atoms with van der Waals surface area (Å²) < 4.78 is 7.09. The highest BCUT2D eigenvalue weighted by molar-refractivity contribution is 8.01. The van der Waals surface area contributed by atoms with Crippen LogP contribution < -0.4 is 4.74 Å². The minimum atomic E-state index is -0.448. The van der Waals surface area contributed by atoms with Crippen molar-refractivity contribution in [2.24, 2.45) is 0 Å². The van der Waals surface area contributed by atoms with Gasteiger partial charge in [-0.3, -0.25) is 10.1 Å². The van der Waals surface area contributed by atoms with Crippen LogP contribution in [0.15, 0.2) is 45.6 Å². The minimum absolute atomic E-state index is 0.00252. The second-order valence-electron chi connectivity index (χ2n) is 4.29. The fourth-order valence-corrected chi connectivity index (χ4v) is 4.13. The third kappa shape index (κ3) is 3.01. The van der Waals surface area contributed by atoms with Gasteiger partial charge < -0.3 is 4.74 Å². The monoisotopic (exact) mass is 352 g/mol. The number of nitrogens with zero attached hydrogens (tertiary/aromatic N) is 2. The van der Waals surface area contributed by atoms with Crippen LogP contribution in [0, 0.1) is 10.1 Å². The number of thiazole rings is 1. The Morgan fingerprint density at radius 3 is 2.86 bits per heavy atom. The van der Waals surface area contributed by atoms with Crippen molar-refractivity contribution in [3.05, 3.63) is 51.5 Å². The Kier molecular flexibility index (Phi) is 4.19. The number of hydrogen-bond acceptors (Lipinski definition) is 6. The number of methoxy groups -OCH3 is 1. The van der Waals surface area contributed by atoms with E-state index in [1.54, 1.807) is 6.07 Å². The summed E-state index contributed by atoms with van der Waals surface area (Å²) in [6.07, 6.45) is 0. The number of nitro benzene ring substituents is 1. The van der Waals surface area contributed by atoms with Crippen molar-refractivity contribution in [2.75, 3.05) is 7.11 Å². The van der Waals surface area contributed by atoms with Crippen molar-refractivity contribution >= 4 is 50.6 Å². The van der Waals surface area contributed by atoms with E-state index in [9.17, 15) is 10.1 Å². The zero-order valence-corrected chi connectivity index (χ0v) is 13.7. The lowest BCUT2D eigenvalue weighted by Gasteiger charge is -2.05. The Balaban J connectivity index is 1.95. The first-order valence-electron chi connectivity index (χ1n) is 6.13. The second-order valence-corrected chi connectivity index (χ2v) is 7.04. The van der Waals surface area contributed by atoms with E-state index in [2.05, 4.69) is 4.98 Å². The maximum atomic E-state index is 10.8. The molecule has 0 saturated heterocycles. The molecule has 0 N–H and O–H groups in total. The van der Waals surface area contributed by atoms with Gasteiger partial charge in [0.15, 0.2) is 4.34 Å². The predicted molar refractivity (Wildman–Crippen MR) is 88.4 cm³/mol. The van der Waals surface area contributed by atoms with Crippen molar-refractivity contribution < 1.29 is 9.66 Å². The summed E-state index contributed by atoms with van der Waals surface area (Å²) in [5.74, 6) is 0.455. The third-order valence-corrected chi connectivity index (χ3v) is 5.27. The Morgan fingerprint density at radius 2 is 2.14 bits per heavy atom. The van der Waals surface area contributed by atoms with Crippen molar-refractivity contribution in [1.29, 1.82) is 0 Å². The molecule has 0 unspecified atom stereocenters. The van der Waals surface area contributed by atoms with Crippen LogP contribution in [-0.4, -0.2) is 17.0 Å². The van der Waals surface area contributed by atoms with Crippen LogP contribution in [0.4, 0.5) is 5.69 Å². The maximum Gasteiger partial charge on any atom is 0.273 e. The summed E-state index contributed by atoms with van der Waals surface area (Å²) in [5.41, 5.74) is 0.832. The summed E-state index contributed by atoms with van der Waals surface area (Å²) in [4.78, 5) is 15.6. The molecule has 0 radical (unpaired) electrons. The van der Waals surface area contributed by atoms with Crippen LogP contribution in [0.25, 0.3) is 10.2 Å². The maximum absolute atomic E-state index is 10.8. The molecule has 0 aliphatic rings. The molecule has 3 aromatic rings. The lowest BCUT2D eigenvalue weighted by Crippen LogP contribution is -1.91. The molecule has 0 atom stereocenters. The van der Waals surface area contributed by atoms with Crippen molar-refractivity contribution in [3.8, 4) is 5.75 Å². The average Bonchev–Trinajstić information content (AvgIpc) is 2.88. The van der Waals surface area contributed by atoms with E-state index in [4.69, 9.17) is 16.3 Å². The molecule has 3 rings (SSSR count). The molecular weight excluding hydrogens is 344 g/mol. The van der Waals surface area contributed by atoms with Gasteiger partial charge in [-0.05, 0) is 24.3 Å². The van der Waals surface area contributed by atoms with Gasteiger partial charge in [-0.25, -0.2) is 4.98 Å². The van der Waals surface area contributed by atoms with Crippen LogP contribution in [-0.2, 0) is 0 Å². The number of fused-ring (bicyclic) bond motifs is 1. The van der Waals surface area contributed by atoms with Gasteiger partial charge in [-0.1, -0.05) is 23.4 Å². The van der Waals surface area contributed by atoms with E-state index >= 15 is 0 Å². The van der Waals surface area contributed by atoms with E-state index in [-0.39, 0.29) is 5.69 Å². The molecule has 0 amide bonds.